The van der Waals surface area contributed by atoms with Gasteiger partial charge in [-0.2, -0.15) is 0 Å². The van der Waals surface area contributed by atoms with Crippen molar-refractivity contribution in [2.45, 2.75) is 32.7 Å². The number of fused-ring (bicyclic) bond motifs is 4. The van der Waals surface area contributed by atoms with Crippen LogP contribution in [-0.4, -0.2) is 33.6 Å². The molecule has 2 aliphatic heterocycles. The van der Waals surface area contributed by atoms with Crippen LogP contribution in [0.5, 0.6) is 0 Å². The van der Waals surface area contributed by atoms with E-state index < -0.39 is 0 Å². The highest BCUT2D eigenvalue weighted by atomic mass is 35.5. The highest BCUT2D eigenvalue weighted by Crippen LogP contribution is 2.35. The number of pyridine rings is 1. The molecule has 6 nitrogen and oxygen atoms in total. The van der Waals surface area contributed by atoms with Crippen LogP contribution in [0.3, 0.4) is 0 Å². The summed E-state index contributed by atoms with van der Waals surface area (Å²) < 4.78 is 7.55. The molecule has 4 aromatic rings. The predicted molar refractivity (Wildman–Crippen MR) is 147 cm³/mol. The molecule has 0 saturated heterocycles. The smallest absolute Gasteiger partial charge is 0.326 e. The molecule has 188 valence electrons. The van der Waals surface area contributed by atoms with Crippen LogP contribution < -0.4 is 5.32 Å². The van der Waals surface area contributed by atoms with Crippen molar-refractivity contribution in [2.24, 2.45) is 0 Å². The minimum absolute atomic E-state index is 0.130. The summed E-state index contributed by atoms with van der Waals surface area (Å²) in [5.74, 6) is 0. The Morgan fingerprint density at radius 2 is 1.89 bits per heavy atom. The Labute approximate surface area is 225 Å². The normalized spacial score (nSPS) is 15.3. The molecule has 0 spiro atoms. The first-order valence-electron chi connectivity index (χ1n) is 12.3. The van der Waals surface area contributed by atoms with Gasteiger partial charge in [-0.25, -0.2) is 9.78 Å². The number of nitrogens with zero attached hydrogens (tertiary/aromatic N) is 3. The third kappa shape index (κ3) is 5.03. The molecule has 2 aromatic carbocycles. The first-order valence-corrected chi connectivity index (χ1v) is 13.1. The van der Waals surface area contributed by atoms with Crippen molar-refractivity contribution in [3.63, 3.8) is 0 Å². The zero-order chi connectivity index (χ0) is 25.4. The van der Waals surface area contributed by atoms with Crippen molar-refractivity contribution in [1.82, 2.24) is 19.8 Å². The lowest BCUT2D eigenvalue weighted by Gasteiger charge is -2.27. The van der Waals surface area contributed by atoms with Crippen LogP contribution in [0.25, 0.3) is 17.0 Å². The van der Waals surface area contributed by atoms with Crippen molar-refractivity contribution in [2.75, 3.05) is 13.1 Å². The number of ether oxygens (including phenoxy) is 1. The van der Waals surface area contributed by atoms with Crippen molar-refractivity contribution < 1.29 is 9.53 Å². The van der Waals surface area contributed by atoms with E-state index in [4.69, 9.17) is 27.9 Å². The molecule has 0 aliphatic carbocycles. The molecule has 6 rings (SSSR count). The number of amides is 1. The number of rotatable bonds is 5. The first kappa shape index (κ1) is 24.2. The van der Waals surface area contributed by atoms with Gasteiger partial charge in [0, 0.05) is 54.9 Å². The van der Waals surface area contributed by atoms with E-state index in [0.717, 1.165) is 64.4 Å². The van der Waals surface area contributed by atoms with Gasteiger partial charge in [0.15, 0.2) is 0 Å². The van der Waals surface area contributed by atoms with Crippen LogP contribution in [0.4, 0.5) is 4.79 Å². The Hall–Kier alpha value is -3.16. The van der Waals surface area contributed by atoms with E-state index in [-0.39, 0.29) is 6.03 Å². The van der Waals surface area contributed by atoms with Crippen LogP contribution in [-0.2, 0) is 37.5 Å². The number of hydrogen-bond donors (Lipinski definition) is 1. The van der Waals surface area contributed by atoms with Crippen LogP contribution in [0.2, 0.25) is 10.2 Å². The van der Waals surface area contributed by atoms with Crippen molar-refractivity contribution in [3.8, 4) is 0 Å². The Morgan fingerprint density at radius 3 is 2.70 bits per heavy atom. The lowest BCUT2D eigenvalue weighted by molar-refractivity contribution is 0.134. The standard InChI is InChI=1S/C29H26Cl2N4O2/c30-23-5-3-19(4-6-23)2-1-10-34-11-8-26-25(16-34)24-13-21-17-37-18-22(21)14-27(24)35(26)29(36)33-15-20-7-9-32-28(31)12-20/h1-7,9,12-14H,8,10-11,15-18H2,(H,33,36)/b2-1+. The molecule has 8 heteroatoms. The van der Waals surface area contributed by atoms with Gasteiger partial charge in [0.25, 0.3) is 0 Å². The maximum atomic E-state index is 13.5. The number of aromatic nitrogens is 2. The lowest BCUT2D eigenvalue weighted by atomic mass is 10.0. The third-order valence-electron chi connectivity index (χ3n) is 7.05. The number of carbonyl (C=O) groups excluding carboxylic acids is 1. The summed E-state index contributed by atoms with van der Waals surface area (Å²) in [6, 6.07) is 15.7. The second-order valence-corrected chi connectivity index (χ2v) is 10.3. The van der Waals surface area contributed by atoms with E-state index in [0.29, 0.717) is 24.9 Å². The molecule has 37 heavy (non-hydrogen) atoms. The Bertz CT molecular complexity index is 1510. The zero-order valence-corrected chi connectivity index (χ0v) is 21.7. The Morgan fingerprint density at radius 1 is 1.08 bits per heavy atom. The third-order valence-corrected chi connectivity index (χ3v) is 7.50. The second-order valence-electron chi connectivity index (χ2n) is 9.48. The summed E-state index contributed by atoms with van der Waals surface area (Å²) in [4.78, 5) is 20.0. The monoisotopic (exact) mass is 532 g/mol. The van der Waals surface area contributed by atoms with E-state index in [1.165, 1.54) is 11.1 Å². The molecule has 0 atom stereocenters. The molecular formula is C29H26Cl2N4O2. The van der Waals surface area contributed by atoms with Gasteiger partial charge in [-0.05, 0) is 64.2 Å². The van der Waals surface area contributed by atoms with E-state index in [2.05, 4.69) is 39.5 Å². The Kier molecular flexibility index (Phi) is 6.74. The quantitative estimate of drug-likeness (QED) is 0.310. The van der Waals surface area contributed by atoms with Crippen molar-refractivity contribution in [3.05, 3.63) is 104 Å². The molecule has 2 aromatic heterocycles. The lowest BCUT2D eigenvalue weighted by Crippen LogP contribution is -2.34. The number of hydrogen-bond acceptors (Lipinski definition) is 4. The van der Waals surface area contributed by atoms with Crippen LogP contribution >= 0.6 is 23.2 Å². The van der Waals surface area contributed by atoms with Gasteiger partial charge >= 0.3 is 6.03 Å². The number of benzene rings is 2. The van der Waals surface area contributed by atoms with E-state index in [1.807, 2.05) is 34.9 Å². The fourth-order valence-corrected chi connectivity index (χ4v) is 5.52. The van der Waals surface area contributed by atoms with Gasteiger partial charge in [-0.15, -0.1) is 0 Å². The molecule has 0 saturated carbocycles. The highest BCUT2D eigenvalue weighted by Gasteiger charge is 2.28. The van der Waals surface area contributed by atoms with E-state index in [9.17, 15) is 4.79 Å². The van der Waals surface area contributed by atoms with Crippen LogP contribution in [0, 0.1) is 0 Å². The molecule has 0 unspecified atom stereocenters. The SMILES string of the molecule is O=C(NCc1ccnc(Cl)c1)n1c2c(c3cc4c(cc31)COC4)CN(C/C=C/c1ccc(Cl)cc1)CC2. The average Bonchev–Trinajstić information content (AvgIpc) is 3.49. The topological polar surface area (TPSA) is 59.4 Å². The van der Waals surface area contributed by atoms with E-state index in [1.54, 1.807) is 12.3 Å². The minimum Gasteiger partial charge on any atom is -0.372 e. The summed E-state index contributed by atoms with van der Waals surface area (Å²) >= 11 is 12.0. The minimum atomic E-state index is -0.130. The molecule has 0 bridgehead atoms. The first-order chi connectivity index (χ1) is 18.0. The van der Waals surface area contributed by atoms with Gasteiger partial charge in [-0.3, -0.25) is 9.47 Å². The summed E-state index contributed by atoms with van der Waals surface area (Å²) in [5, 5.41) is 5.36. The molecule has 4 heterocycles. The zero-order valence-electron chi connectivity index (χ0n) is 20.2. The number of carbonyl (C=O) groups is 1. The molecule has 2 aliphatic rings. The highest BCUT2D eigenvalue weighted by molar-refractivity contribution is 6.30. The number of nitrogens with one attached hydrogen (secondary N) is 1. The summed E-state index contributed by atoms with van der Waals surface area (Å²) in [7, 11) is 0. The van der Waals surface area contributed by atoms with Gasteiger partial charge < -0.3 is 10.1 Å². The Balaban J connectivity index is 1.27. The van der Waals surface area contributed by atoms with Crippen molar-refractivity contribution >= 4 is 46.2 Å². The van der Waals surface area contributed by atoms with Gasteiger partial charge in [0.1, 0.15) is 5.15 Å². The maximum Gasteiger partial charge on any atom is 0.326 e. The summed E-state index contributed by atoms with van der Waals surface area (Å²) in [6.07, 6.45) is 6.76. The average molecular weight is 533 g/mol. The molecule has 0 fully saturated rings. The molecule has 0 radical (unpaired) electrons. The molecular weight excluding hydrogens is 507 g/mol. The maximum absolute atomic E-state index is 13.5. The van der Waals surface area contributed by atoms with Gasteiger partial charge in [0.2, 0.25) is 0 Å². The summed E-state index contributed by atoms with van der Waals surface area (Å²) in [5.41, 5.74) is 7.64. The molecule has 1 N–H and O–H groups in total. The van der Waals surface area contributed by atoms with Crippen molar-refractivity contribution in [1.29, 1.82) is 0 Å². The molecule has 1 amide bonds. The second kappa shape index (κ2) is 10.3. The van der Waals surface area contributed by atoms with Crippen LogP contribution in [0.15, 0.2) is 60.8 Å². The van der Waals surface area contributed by atoms with Gasteiger partial charge in [0.05, 0.1) is 18.7 Å². The van der Waals surface area contributed by atoms with E-state index >= 15 is 0 Å². The largest absolute Gasteiger partial charge is 0.372 e. The number of halogens is 2. The fraction of sp³-hybridized carbons (Fsp3) is 0.241. The predicted octanol–water partition coefficient (Wildman–Crippen LogP) is 6.20. The fourth-order valence-electron chi connectivity index (χ4n) is 5.19. The van der Waals surface area contributed by atoms with Gasteiger partial charge in [-0.1, -0.05) is 47.5 Å². The van der Waals surface area contributed by atoms with Crippen LogP contribution in [0.1, 0.15) is 33.5 Å². The summed E-state index contributed by atoms with van der Waals surface area (Å²) in [6.45, 7) is 4.08.